The first-order valence-electron chi connectivity index (χ1n) is 6.77. The van der Waals surface area contributed by atoms with Gasteiger partial charge in [-0.1, -0.05) is 0 Å². The van der Waals surface area contributed by atoms with Crippen LogP contribution in [0.1, 0.15) is 30.3 Å². The zero-order valence-electron chi connectivity index (χ0n) is 11.0. The highest BCUT2D eigenvalue weighted by Crippen LogP contribution is 2.26. The van der Waals surface area contributed by atoms with Crippen molar-refractivity contribution in [1.29, 1.82) is 0 Å². The summed E-state index contributed by atoms with van der Waals surface area (Å²) in [5.74, 6) is 0.594. The second-order valence-corrected chi connectivity index (χ2v) is 4.99. The molecule has 1 aromatic heterocycles. The summed E-state index contributed by atoms with van der Waals surface area (Å²) in [4.78, 5) is 22.6. The number of nitrogens with one attached hydrogen (secondary N) is 1. The Kier molecular flexibility index (Phi) is 3.33. The minimum absolute atomic E-state index is 0.0487. The minimum Gasteiger partial charge on any atom is -0.371 e. The third kappa shape index (κ3) is 2.53. The maximum Gasteiger partial charge on any atom is 0.274 e. The number of ether oxygens (including phenoxy) is 1. The quantitative estimate of drug-likeness (QED) is 0.877. The summed E-state index contributed by atoms with van der Waals surface area (Å²) in [7, 11) is 0. The van der Waals surface area contributed by atoms with Crippen LogP contribution in [0.3, 0.4) is 0 Å². The predicted octanol–water partition coefficient (Wildman–Crippen LogP) is 0.912. The van der Waals surface area contributed by atoms with Gasteiger partial charge in [0.1, 0.15) is 11.5 Å². The fourth-order valence-corrected chi connectivity index (χ4v) is 2.68. The van der Waals surface area contributed by atoms with Crippen LogP contribution in [0.25, 0.3) is 0 Å². The molecule has 2 bridgehead atoms. The number of morpholine rings is 1. The standard InChI is InChI=1S/C13H18N4O2/c1-2-15-12-6-14-5-11(16-12)13(18)17-7-9-3-4-10(8-17)19-9/h5-6,9-10H,2-4,7-8H2,1H3,(H,15,16). The Hall–Kier alpha value is -1.69. The molecule has 3 rings (SSSR count). The third-order valence-corrected chi connectivity index (χ3v) is 3.54. The van der Waals surface area contributed by atoms with Gasteiger partial charge in [0.2, 0.25) is 0 Å². The highest BCUT2D eigenvalue weighted by atomic mass is 16.5. The van der Waals surface area contributed by atoms with Crippen LogP contribution >= 0.6 is 0 Å². The molecule has 2 atom stereocenters. The van der Waals surface area contributed by atoms with E-state index in [9.17, 15) is 4.79 Å². The molecule has 19 heavy (non-hydrogen) atoms. The molecule has 0 spiro atoms. The van der Waals surface area contributed by atoms with Gasteiger partial charge in [-0.2, -0.15) is 0 Å². The van der Waals surface area contributed by atoms with Gasteiger partial charge in [-0.25, -0.2) is 4.98 Å². The lowest BCUT2D eigenvalue weighted by Crippen LogP contribution is -2.46. The van der Waals surface area contributed by atoms with Gasteiger partial charge in [0.05, 0.1) is 24.6 Å². The smallest absolute Gasteiger partial charge is 0.274 e. The van der Waals surface area contributed by atoms with Crippen molar-refractivity contribution >= 4 is 11.7 Å². The lowest BCUT2D eigenvalue weighted by molar-refractivity contribution is -0.0305. The summed E-state index contributed by atoms with van der Waals surface area (Å²) in [5, 5.41) is 3.07. The molecule has 6 heteroatoms. The first kappa shape index (κ1) is 12.3. The average Bonchev–Trinajstić information content (AvgIpc) is 2.77. The van der Waals surface area contributed by atoms with E-state index in [4.69, 9.17) is 4.74 Å². The van der Waals surface area contributed by atoms with Gasteiger partial charge >= 0.3 is 0 Å². The van der Waals surface area contributed by atoms with Crippen molar-refractivity contribution in [3.63, 3.8) is 0 Å². The molecule has 1 aromatic rings. The molecule has 0 aromatic carbocycles. The normalized spacial score (nSPS) is 25.4. The van der Waals surface area contributed by atoms with Crippen molar-refractivity contribution in [2.24, 2.45) is 0 Å². The van der Waals surface area contributed by atoms with Crippen molar-refractivity contribution in [2.75, 3.05) is 25.0 Å². The van der Waals surface area contributed by atoms with E-state index in [0.29, 0.717) is 24.6 Å². The SMILES string of the molecule is CCNc1cncc(C(=O)N2CC3CCC(C2)O3)n1. The molecule has 2 aliphatic rings. The van der Waals surface area contributed by atoms with Crippen LogP contribution in [0.15, 0.2) is 12.4 Å². The summed E-state index contributed by atoms with van der Waals surface area (Å²) >= 11 is 0. The van der Waals surface area contributed by atoms with Crippen LogP contribution in [0.5, 0.6) is 0 Å². The molecular weight excluding hydrogens is 244 g/mol. The van der Waals surface area contributed by atoms with E-state index in [1.807, 2.05) is 11.8 Å². The zero-order chi connectivity index (χ0) is 13.2. The minimum atomic E-state index is -0.0487. The van der Waals surface area contributed by atoms with Gasteiger partial charge in [0, 0.05) is 19.6 Å². The molecule has 2 saturated heterocycles. The van der Waals surface area contributed by atoms with Gasteiger partial charge in [-0.3, -0.25) is 9.78 Å². The largest absolute Gasteiger partial charge is 0.371 e. The van der Waals surface area contributed by atoms with Crippen LogP contribution in [0.2, 0.25) is 0 Å². The Morgan fingerprint density at radius 3 is 2.84 bits per heavy atom. The van der Waals surface area contributed by atoms with Crippen LogP contribution in [-0.2, 0) is 4.74 Å². The van der Waals surface area contributed by atoms with Crippen molar-refractivity contribution in [3.05, 3.63) is 18.1 Å². The Labute approximate surface area is 112 Å². The Morgan fingerprint density at radius 1 is 1.42 bits per heavy atom. The van der Waals surface area contributed by atoms with Gasteiger partial charge in [0.25, 0.3) is 5.91 Å². The molecule has 3 heterocycles. The molecule has 0 radical (unpaired) electrons. The number of carbonyl (C=O) groups is 1. The maximum atomic E-state index is 12.4. The monoisotopic (exact) mass is 262 g/mol. The van der Waals surface area contributed by atoms with E-state index < -0.39 is 0 Å². The molecule has 1 N–H and O–H groups in total. The lowest BCUT2D eigenvalue weighted by Gasteiger charge is -2.31. The van der Waals surface area contributed by atoms with Crippen molar-refractivity contribution in [1.82, 2.24) is 14.9 Å². The number of hydrogen-bond donors (Lipinski definition) is 1. The van der Waals surface area contributed by atoms with E-state index in [1.165, 1.54) is 6.20 Å². The number of anilines is 1. The second kappa shape index (κ2) is 5.13. The highest BCUT2D eigenvalue weighted by Gasteiger charge is 2.36. The van der Waals surface area contributed by atoms with E-state index in [-0.39, 0.29) is 18.1 Å². The third-order valence-electron chi connectivity index (χ3n) is 3.54. The Morgan fingerprint density at radius 2 is 2.16 bits per heavy atom. The van der Waals surface area contributed by atoms with Gasteiger partial charge in [-0.15, -0.1) is 0 Å². The highest BCUT2D eigenvalue weighted by molar-refractivity contribution is 5.92. The Balaban J connectivity index is 1.74. The molecule has 1 amide bonds. The van der Waals surface area contributed by atoms with E-state index >= 15 is 0 Å². The first-order valence-corrected chi connectivity index (χ1v) is 6.77. The zero-order valence-corrected chi connectivity index (χ0v) is 11.0. The fourth-order valence-electron chi connectivity index (χ4n) is 2.68. The number of fused-ring (bicyclic) bond motifs is 2. The molecule has 0 aliphatic carbocycles. The van der Waals surface area contributed by atoms with Crippen LogP contribution in [0, 0.1) is 0 Å². The van der Waals surface area contributed by atoms with Crippen molar-refractivity contribution in [3.8, 4) is 0 Å². The molecule has 2 aliphatic heterocycles. The summed E-state index contributed by atoms with van der Waals surface area (Å²) in [6, 6.07) is 0. The molecule has 0 saturated carbocycles. The van der Waals surface area contributed by atoms with Crippen LogP contribution in [0.4, 0.5) is 5.82 Å². The average molecular weight is 262 g/mol. The summed E-state index contributed by atoms with van der Waals surface area (Å²) in [6.45, 7) is 4.08. The number of likely N-dealkylation sites (tertiary alicyclic amines) is 1. The number of aromatic nitrogens is 2. The van der Waals surface area contributed by atoms with Crippen molar-refractivity contribution in [2.45, 2.75) is 32.0 Å². The van der Waals surface area contributed by atoms with E-state index in [0.717, 1.165) is 19.4 Å². The van der Waals surface area contributed by atoms with Gasteiger partial charge in [0.15, 0.2) is 0 Å². The number of rotatable bonds is 3. The maximum absolute atomic E-state index is 12.4. The van der Waals surface area contributed by atoms with E-state index in [1.54, 1.807) is 6.20 Å². The molecule has 2 unspecified atom stereocenters. The first-order chi connectivity index (χ1) is 9.26. The predicted molar refractivity (Wildman–Crippen MR) is 70.0 cm³/mol. The van der Waals surface area contributed by atoms with Crippen molar-refractivity contribution < 1.29 is 9.53 Å². The lowest BCUT2D eigenvalue weighted by atomic mass is 10.2. The van der Waals surface area contributed by atoms with Crippen LogP contribution in [-0.4, -0.2) is 52.6 Å². The van der Waals surface area contributed by atoms with Gasteiger partial charge < -0.3 is 15.0 Å². The summed E-state index contributed by atoms with van der Waals surface area (Å²) in [6.07, 6.45) is 5.67. The van der Waals surface area contributed by atoms with Crippen LogP contribution < -0.4 is 5.32 Å². The number of nitrogens with zero attached hydrogens (tertiary/aromatic N) is 3. The molecular formula is C13H18N4O2. The number of hydrogen-bond acceptors (Lipinski definition) is 5. The summed E-state index contributed by atoms with van der Waals surface area (Å²) < 4.78 is 5.73. The fraction of sp³-hybridized carbons (Fsp3) is 0.615. The second-order valence-electron chi connectivity index (χ2n) is 4.99. The summed E-state index contributed by atoms with van der Waals surface area (Å²) in [5.41, 5.74) is 0.403. The molecule has 102 valence electrons. The molecule has 2 fully saturated rings. The Bertz CT molecular complexity index is 467. The number of carbonyl (C=O) groups excluding carboxylic acids is 1. The van der Waals surface area contributed by atoms with E-state index in [2.05, 4.69) is 15.3 Å². The van der Waals surface area contributed by atoms with Gasteiger partial charge in [-0.05, 0) is 19.8 Å². The topological polar surface area (TPSA) is 67.4 Å². The number of amides is 1. The molecule has 6 nitrogen and oxygen atoms in total.